The van der Waals surface area contributed by atoms with E-state index in [1.807, 2.05) is 9.58 Å². The first kappa shape index (κ1) is 19.2. The smallest absolute Gasteiger partial charge is 0.257 e. The van der Waals surface area contributed by atoms with Crippen LogP contribution in [0.3, 0.4) is 0 Å². The average Bonchev–Trinajstić information content (AvgIpc) is 3.42. The Hall–Kier alpha value is -2.14. The van der Waals surface area contributed by atoms with Gasteiger partial charge in [0.25, 0.3) is 5.91 Å². The molecule has 5 nitrogen and oxygen atoms in total. The van der Waals surface area contributed by atoms with Gasteiger partial charge in [0.05, 0.1) is 23.1 Å². The molecule has 1 saturated heterocycles. The Morgan fingerprint density at radius 2 is 1.82 bits per heavy atom. The molecule has 2 heterocycles. The van der Waals surface area contributed by atoms with E-state index >= 15 is 0 Å². The van der Waals surface area contributed by atoms with Gasteiger partial charge in [0.15, 0.2) is 0 Å². The highest BCUT2D eigenvalue weighted by Crippen LogP contribution is 2.28. The summed E-state index contributed by atoms with van der Waals surface area (Å²) in [7, 11) is 0. The van der Waals surface area contributed by atoms with E-state index < -0.39 is 0 Å². The average molecular weight is 381 g/mol. The molecule has 0 radical (unpaired) electrons. The number of piperidine rings is 1. The largest absolute Gasteiger partial charge is 0.338 e. The van der Waals surface area contributed by atoms with Crippen molar-refractivity contribution in [1.82, 2.24) is 20.0 Å². The van der Waals surface area contributed by atoms with Crippen LogP contribution in [-0.2, 0) is 0 Å². The van der Waals surface area contributed by atoms with Gasteiger partial charge in [-0.05, 0) is 63.1 Å². The summed E-state index contributed by atoms with van der Waals surface area (Å²) in [5.41, 5.74) is 3.98. The van der Waals surface area contributed by atoms with Crippen molar-refractivity contribution in [2.24, 2.45) is 5.92 Å². The third-order valence-corrected chi connectivity index (χ3v) is 6.04. The molecular weight excluding hydrogens is 348 g/mol. The molecule has 5 heteroatoms. The van der Waals surface area contributed by atoms with Crippen LogP contribution < -0.4 is 5.32 Å². The van der Waals surface area contributed by atoms with E-state index in [4.69, 9.17) is 0 Å². The lowest BCUT2D eigenvalue weighted by Gasteiger charge is -2.32. The number of amides is 1. The molecular formula is C23H32N4O. The Bertz CT molecular complexity index is 812. The van der Waals surface area contributed by atoms with Crippen LogP contribution in [0.15, 0.2) is 30.5 Å². The normalized spacial score (nSPS) is 18.1. The Kier molecular flexibility index (Phi) is 5.54. The van der Waals surface area contributed by atoms with Crippen molar-refractivity contribution in [3.8, 4) is 5.69 Å². The third kappa shape index (κ3) is 4.14. The lowest BCUT2D eigenvalue weighted by molar-refractivity contribution is 0.0703. The highest BCUT2D eigenvalue weighted by atomic mass is 16.2. The molecule has 1 aliphatic carbocycles. The molecule has 1 saturated carbocycles. The number of benzene rings is 1. The number of hydrogen-bond acceptors (Lipinski definition) is 3. The Labute approximate surface area is 168 Å². The van der Waals surface area contributed by atoms with Gasteiger partial charge in [-0.25, -0.2) is 4.68 Å². The SMILES string of the molecule is Cc1ccc(-n2ncc(C(=O)N3CCC(NCC4CC4)CC3)c2C(C)C)cc1. The van der Waals surface area contributed by atoms with E-state index in [0.717, 1.165) is 55.3 Å². The van der Waals surface area contributed by atoms with Crippen LogP contribution in [-0.4, -0.2) is 46.3 Å². The molecule has 0 bridgehead atoms. The number of nitrogens with one attached hydrogen (secondary N) is 1. The molecule has 2 aromatic rings. The van der Waals surface area contributed by atoms with E-state index in [2.05, 4.69) is 55.5 Å². The Morgan fingerprint density at radius 3 is 2.43 bits per heavy atom. The molecule has 1 aromatic heterocycles. The minimum atomic E-state index is 0.128. The number of carbonyl (C=O) groups is 1. The van der Waals surface area contributed by atoms with Gasteiger partial charge in [-0.15, -0.1) is 0 Å². The quantitative estimate of drug-likeness (QED) is 0.827. The summed E-state index contributed by atoms with van der Waals surface area (Å²) in [6, 6.07) is 8.87. The summed E-state index contributed by atoms with van der Waals surface area (Å²) >= 11 is 0. The molecule has 150 valence electrons. The Morgan fingerprint density at radius 1 is 1.14 bits per heavy atom. The number of likely N-dealkylation sites (tertiary alicyclic amines) is 1. The van der Waals surface area contributed by atoms with Gasteiger partial charge < -0.3 is 10.2 Å². The predicted octanol–water partition coefficient (Wildman–Crippen LogP) is 3.91. The van der Waals surface area contributed by atoms with Crippen molar-refractivity contribution in [1.29, 1.82) is 0 Å². The van der Waals surface area contributed by atoms with E-state index in [9.17, 15) is 4.79 Å². The standard InChI is InChI=1S/C23H32N4O/c1-16(2)22-21(15-25-27(22)20-8-4-17(3)5-9-20)23(28)26-12-10-19(11-13-26)24-14-18-6-7-18/h4-5,8-9,15-16,18-19,24H,6-7,10-14H2,1-3H3. The van der Waals surface area contributed by atoms with Crippen LogP contribution in [0.25, 0.3) is 5.69 Å². The lowest BCUT2D eigenvalue weighted by Crippen LogP contribution is -2.45. The van der Waals surface area contributed by atoms with Gasteiger partial charge >= 0.3 is 0 Å². The fourth-order valence-corrected chi connectivity index (χ4v) is 4.08. The first-order valence-electron chi connectivity index (χ1n) is 10.7. The number of hydrogen-bond donors (Lipinski definition) is 1. The van der Waals surface area contributed by atoms with Crippen LogP contribution in [0.2, 0.25) is 0 Å². The van der Waals surface area contributed by atoms with Crippen molar-refractivity contribution in [2.75, 3.05) is 19.6 Å². The molecule has 1 amide bonds. The lowest BCUT2D eigenvalue weighted by atomic mass is 10.0. The summed E-state index contributed by atoms with van der Waals surface area (Å²) in [6.45, 7) is 9.15. The summed E-state index contributed by atoms with van der Waals surface area (Å²) in [6.07, 6.45) is 6.61. The molecule has 0 atom stereocenters. The number of carbonyl (C=O) groups excluding carboxylic acids is 1. The van der Waals surface area contributed by atoms with Crippen LogP contribution in [0.1, 0.15) is 67.1 Å². The molecule has 1 N–H and O–H groups in total. The summed E-state index contributed by atoms with van der Waals surface area (Å²) in [5.74, 6) is 1.25. The van der Waals surface area contributed by atoms with Gasteiger partial charge in [0.1, 0.15) is 0 Å². The predicted molar refractivity (Wildman–Crippen MR) is 112 cm³/mol. The van der Waals surface area contributed by atoms with Gasteiger partial charge in [-0.3, -0.25) is 4.79 Å². The van der Waals surface area contributed by atoms with Crippen molar-refractivity contribution in [3.05, 3.63) is 47.3 Å². The fraction of sp³-hybridized carbons (Fsp3) is 0.565. The summed E-state index contributed by atoms with van der Waals surface area (Å²) < 4.78 is 1.93. The summed E-state index contributed by atoms with van der Waals surface area (Å²) in [5, 5.41) is 8.27. The van der Waals surface area contributed by atoms with Crippen molar-refractivity contribution < 1.29 is 4.79 Å². The van der Waals surface area contributed by atoms with Crippen molar-refractivity contribution >= 4 is 5.91 Å². The van der Waals surface area contributed by atoms with Crippen LogP contribution in [0.4, 0.5) is 0 Å². The third-order valence-electron chi connectivity index (χ3n) is 6.04. The number of aromatic nitrogens is 2. The molecule has 2 aliphatic rings. The molecule has 2 fully saturated rings. The van der Waals surface area contributed by atoms with Crippen LogP contribution >= 0.6 is 0 Å². The van der Waals surface area contributed by atoms with Crippen LogP contribution in [0, 0.1) is 12.8 Å². The molecule has 4 rings (SSSR count). The minimum Gasteiger partial charge on any atom is -0.338 e. The van der Waals surface area contributed by atoms with Gasteiger partial charge in [-0.2, -0.15) is 5.10 Å². The zero-order valence-electron chi connectivity index (χ0n) is 17.3. The van der Waals surface area contributed by atoms with E-state index in [0.29, 0.717) is 6.04 Å². The maximum Gasteiger partial charge on any atom is 0.257 e. The zero-order chi connectivity index (χ0) is 19.7. The van der Waals surface area contributed by atoms with Crippen molar-refractivity contribution in [3.63, 3.8) is 0 Å². The second kappa shape index (κ2) is 8.08. The highest BCUT2D eigenvalue weighted by Gasteiger charge is 2.29. The summed E-state index contributed by atoms with van der Waals surface area (Å²) in [4.78, 5) is 15.3. The van der Waals surface area contributed by atoms with Gasteiger partial charge in [-0.1, -0.05) is 31.5 Å². The maximum atomic E-state index is 13.3. The topological polar surface area (TPSA) is 50.2 Å². The highest BCUT2D eigenvalue weighted by molar-refractivity contribution is 5.95. The molecule has 28 heavy (non-hydrogen) atoms. The minimum absolute atomic E-state index is 0.128. The van der Waals surface area contributed by atoms with E-state index in [-0.39, 0.29) is 11.8 Å². The van der Waals surface area contributed by atoms with Crippen molar-refractivity contribution in [2.45, 2.75) is 58.4 Å². The molecule has 1 aliphatic heterocycles. The van der Waals surface area contributed by atoms with Gasteiger partial charge in [0, 0.05) is 19.1 Å². The monoisotopic (exact) mass is 380 g/mol. The van der Waals surface area contributed by atoms with Crippen LogP contribution in [0.5, 0.6) is 0 Å². The number of aryl methyl sites for hydroxylation is 1. The maximum absolute atomic E-state index is 13.3. The van der Waals surface area contributed by atoms with Gasteiger partial charge in [0.2, 0.25) is 0 Å². The second-order valence-electron chi connectivity index (χ2n) is 8.76. The molecule has 0 unspecified atom stereocenters. The first-order chi connectivity index (χ1) is 13.5. The first-order valence-corrected chi connectivity index (χ1v) is 10.7. The number of nitrogens with zero attached hydrogens (tertiary/aromatic N) is 3. The number of rotatable bonds is 6. The molecule has 0 spiro atoms. The van der Waals surface area contributed by atoms with E-state index in [1.54, 1.807) is 6.20 Å². The second-order valence-corrected chi connectivity index (χ2v) is 8.76. The van der Waals surface area contributed by atoms with E-state index in [1.165, 1.54) is 18.4 Å². The Balaban J connectivity index is 1.47. The fourth-order valence-electron chi connectivity index (χ4n) is 4.08. The molecule has 1 aromatic carbocycles. The zero-order valence-corrected chi connectivity index (χ0v) is 17.3.